The van der Waals surface area contributed by atoms with Gasteiger partial charge in [0.15, 0.2) is 0 Å². The predicted molar refractivity (Wildman–Crippen MR) is 68.0 cm³/mol. The Bertz CT molecular complexity index is 454. The van der Waals surface area contributed by atoms with E-state index in [9.17, 15) is 9.90 Å². The lowest BCUT2D eigenvalue weighted by Gasteiger charge is -2.19. The third-order valence-corrected chi connectivity index (χ3v) is 3.19. The number of hydrogen-bond donors (Lipinski definition) is 1. The van der Waals surface area contributed by atoms with Crippen LogP contribution in [0.3, 0.4) is 0 Å². The predicted octanol–water partition coefficient (Wildman–Crippen LogP) is 1.98. The fourth-order valence-electron chi connectivity index (χ4n) is 1.11. The van der Waals surface area contributed by atoms with Crippen molar-refractivity contribution in [3.8, 4) is 11.8 Å². The van der Waals surface area contributed by atoms with Gasteiger partial charge in [-0.15, -0.1) is 0 Å². The molecule has 1 aromatic rings. The number of amides is 1. The lowest BCUT2D eigenvalue weighted by molar-refractivity contribution is 0.0772. The molecular formula is C11H11IN2O2. The Morgan fingerprint density at radius 3 is 2.75 bits per heavy atom. The van der Waals surface area contributed by atoms with Crippen LogP contribution in [0.15, 0.2) is 18.2 Å². The van der Waals surface area contributed by atoms with Crippen LogP contribution in [0, 0.1) is 14.9 Å². The Labute approximate surface area is 108 Å². The van der Waals surface area contributed by atoms with Crippen LogP contribution in [-0.4, -0.2) is 29.0 Å². The largest absolute Gasteiger partial charge is 0.507 e. The summed E-state index contributed by atoms with van der Waals surface area (Å²) in [7, 11) is 1.56. The molecule has 1 atom stereocenters. The summed E-state index contributed by atoms with van der Waals surface area (Å²) in [5, 5.41) is 18.2. The zero-order valence-corrected chi connectivity index (χ0v) is 11.1. The average molecular weight is 330 g/mol. The second-order valence-electron chi connectivity index (χ2n) is 3.39. The number of aromatic hydroxyl groups is 1. The van der Waals surface area contributed by atoms with E-state index < -0.39 is 6.04 Å². The fraction of sp³-hybridized carbons (Fsp3) is 0.273. The van der Waals surface area contributed by atoms with Gasteiger partial charge in [-0.3, -0.25) is 4.79 Å². The minimum atomic E-state index is -0.492. The molecule has 0 bridgehead atoms. The van der Waals surface area contributed by atoms with Crippen LogP contribution in [0.25, 0.3) is 0 Å². The minimum Gasteiger partial charge on any atom is -0.507 e. The van der Waals surface area contributed by atoms with E-state index in [1.807, 2.05) is 28.7 Å². The van der Waals surface area contributed by atoms with Crippen LogP contribution in [0.2, 0.25) is 0 Å². The summed E-state index contributed by atoms with van der Waals surface area (Å²) in [6.45, 7) is 1.64. The van der Waals surface area contributed by atoms with E-state index in [0.717, 1.165) is 0 Å². The van der Waals surface area contributed by atoms with Crippen molar-refractivity contribution in [1.29, 1.82) is 5.26 Å². The summed E-state index contributed by atoms with van der Waals surface area (Å²) in [4.78, 5) is 13.2. The number of halogens is 1. The topological polar surface area (TPSA) is 64.3 Å². The quantitative estimate of drug-likeness (QED) is 0.844. The SMILES string of the molecule is CC(C#N)N(C)C(=O)c1ccc(I)c(O)c1. The standard InChI is InChI=1S/C11H11IN2O2/c1-7(6-13)14(2)11(16)8-3-4-9(12)10(15)5-8/h3-5,7,15H,1-2H3. The third kappa shape index (κ3) is 2.64. The van der Waals surface area contributed by atoms with Crippen LogP contribution >= 0.6 is 22.6 Å². The van der Waals surface area contributed by atoms with Gasteiger partial charge in [0.1, 0.15) is 11.8 Å². The van der Waals surface area contributed by atoms with Crippen molar-refractivity contribution < 1.29 is 9.90 Å². The number of phenols is 1. The molecule has 0 fully saturated rings. The molecule has 84 valence electrons. The molecule has 1 amide bonds. The maximum Gasteiger partial charge on any atom is 0.254 e. The summed E-state index contributed by atoms with van der Waals surface area (Å²) in [6, 6.07) is 6.19. The van der Waals surface area contributed by atoms with E-state index >= 15 is 0 Å². The monoisotopic (exact) mass is 330 g/mol. The number of carbonyl (C=O) groups excluding carboxylic acids is 1. The Kier molecular flexibility index (Phi) is 4.12. The number of carbonyl (C=O) groups is 1. The highest BCUT2D eigenvalue weighted by atomic mass is 127. The van der Waals surface area contributed by atoms with Gasteiger partial charge in [-0.2, -0.15) is 5.26 Å². The molecule has 0 spiro atoms. The van der Waals surface area contributed by atoms with Gasteiger partial charge >= 0.3 is 0 Å². The van der Waals surface area contributed by atoms with E-state index in [0.29, 0.717) is 9.13 Å². The molecular weight excluding hydrogens is 319 g/mol. The summed E-state index contributed by atoms with van der Waals surface area (Å²) in [6.07, 6.45) is 0. The molecule has 0 aliphatic carbocycles. The number of hydrogen-bond acceptors (Lipinski definition) is 3. The summed E-state index contributed by atoms with van der Waals surface area (Å²) in [5.41, 5.74) is 0.377. The van der Waals surface area contributed by atoms with E-state index in [1.54, 1.807) is 26.1 Å². The second-order valence-corrected chi connectivity index (χ2v) is 4.55. The fourth-order valence-corrected chi connectivity index (χ4v) is 1.45. The van der Waals surface area contributed by atoms with E-state index in [4.69, 9.17) is 5.26 Å². The molecule has 16 heavy (non-hydrogen) atoms. The summed E-state index contributed by atoms with van der Waals surface area (Å²) in [5.74, 6) is -0.204. The van der Waals surface area contributed by atoms with Gasteiger partial charge in [0.2, 0.25) is 0 Å². The Morgan fingerprint density at radius 1 is 1.62 bits per heavy atom. The van der Waals surface area contributed by atoms with Crippen molar-refractivity contribution in [2.75, 3.05) is 7.05 Å². The maximum atomic E-state index is 11.9. The first-order valence-electron chi connectivity index (χ1n) is 4.62. The second kappa shape index (κ2) is 5.16. The number of benzene rings is 1. The van der Waals surface area contributed by atoms with Crippen molar-refractivity contribution in [2.24, 2.45) is 0 Å². The van der Waals surface area contributed by atoms with Crippen molar-refractivity contribution in [3.63, 3.8) is 0 Å². The first kappa shape index (κ1) is 12.8. The number of rotatable bonds is 2. The number of phenolic OH excluding ortho intramolecular Hbond substituents is 1. The summed E-state index contributed by atoms with van der Waals surface area (Å²) < 4.78 is 0.685. The number of nitrogens with zero attached hydrogens (tertiary/aromatic N) is 2. The first-order chi connectivity index (χ1) is 7.47. The van der Waals surface area contributed by atoms with E-state index in [-0.39, 0.29) is 11.7 Å². The molecule has 0 saturated heterocycles. The van der Waals surface area contributed by atoms with Gasteiger partial charge in [0, 0.05) is 12.6 Å². The Balaban J connectivity index is 2.98. The third-order valence-electron chi connectivity index (χ3n) is 2.28. The molecule has 0 aliphatic rings. The molecule has 0 radical (unpaired) electrons. The van der Waals surface area contributed by atoms with Crippen molar-refractivity contribution >= 4 is 28.5 Å². The summed E-state index contributed by atoms with van der Waals surface area (Å²) >= 11 is 1.98. The normalized spacial score (nSPS) is 11.6. The molecule has 0 aromatic heterocycles. The molecule has 0 aliphatic heterocycles. The van der Waals surface area contributed by atoms with Crippen LogP contribution in [-0.2, 0) is 0 Å². The first-order valence-corrected chi connectivity index (χ1v) is 5.70. The van der Waals surface area contributed by atoms with Crippen LogP contribution in [0.1, 0.15) is 17.3 Å². The molecule has 1 N–H and O–H groups in total. The molecule has 4 nitrogen and oxygen atoms in total. The number of nitriles is 1. The van der Waals surface area contributed by atoms with Gasteiger partial charge < -0.3 is 10.0 Å². The Morgan fingerprint density at radius 2 is 2.25 bits per heavy atom. The smallest absolute Gasteiger partial charge is 0.254 e. The van der Waals surface area contributed by atoms with Crippen LogP contribution in [0.5, 0.6) is 5.75 Å². The molecule has 0 saturated carbocycles. The zero-order valence-electron chi connectivity index (χ0n) is 8.94. The highest BCUT2D eigenvalue weighted by molar-refractivity contribution is 14.1. The van der Waals surface area contributed by atoms with E-state index in [2.05, 4.69) is 0 Å². The molecule has 1 aromatic carbocycles. The van der Waals surface area contributed by atoms with Crippen molar-refractivity contribution in [2.45, 2.75) is 13.0 Å². The average Bonchev–Trinajstić information content (AvgIpc) is 2.29. The van der Waals surface area contributed by atoms with E-state index in [1.165, 1.54) is 11.0 Å². The van der Waals surface area contributed by atoms with Crippen molar-refractivity contribution in [3.05, 3.63) is 27.3 Å². The lowest BCUT2D eigenvalue weighted by Crippen LogP contribution is -2.33. The zero-order chi connectivity index (χ0) is 12.3. The maximum absolute atomic E-state index is 11.9. The van der Waals surface area contributed by atoms with Gasteiger partial charge in [-0.1, -0.05) is 0 Å². The molecule has 5 heteroatoms. The van der Waals surface area contributed by atoms with Crippen molar-refractivity contribution in [1.82, 2.24) is 4.90 Å². The molecule has 0 heterocycles. The van der Waals surface area contributed by atoms with Gasteiger partial charge in [-0.25, -0.2) is 0 Å². The van der Waals surface area contributed by atoms with Crippen LogP contribution < -0.4 is 0 Å². The van der Waals surface area contributed by atoms with Gasteiger partial charge in [0.25, 0.3) is 5.91 Å². The molecule has 1 rings (SSSR count). The van der Waals surface area contributed by atoms with Gasteiger partial charge in [0.05, 0.1) is 9.64 Å². The minimum absolute atomic E-state index is 0.0736. The van der Waals surface area contributed by atoms with Gasteiger partial charge in [-0.05, 0) is 47.7 Å². The highest BCUT2D eigenvalue weighted by Crippen LogP contribution is 2.21. The molecule has 1 unspecified atom stereocenters. The Hall–Kier alpha value is -1.29. The highest BCUT2D eigenvalue weighted by Gasteiger charge is 2.17. The van der Waals surface area contributed by atoms with Crippen LogP contribution in [0.4, 0.5) is 0 Å². The lowest BCUT2D eigenvalue weighted by atomic mass is 10.1.